The Morgan fingerprint density at radius 2 is 1.84 bits per heavy atom. The van der Waals surface area contributed by atoms with Crippen LogP contribution in [0.4, 0.5) is 10.1 Å². The Hall–Kier alpha value is -3.48. The molecular weight excluding hydrogens is 325 g/mol. The second-order valence-electron chi connectivity index (χ2n) is 5.31. The summed E-state index contributed by atoms with van der Waals surface area (Å²) >= 11 is 0. The number of halogens is 1. The lowest BCUT2D eigenvalue weighted by Gasteiger charge is -2.11. The Bertz CT molecular complexity index is 1070. The van der Waals surface area contributed by atoms with Gasteiger partial charge in [-0.05, 0) is 37.3 Å². The third kappa shape index (κ3) is 3.25. The van der Waals surface area contributed by atoms with Gasteiger partial charge in [-0.3, -0.25) is 14.8 Å². The molecule has 0 fully saturated rings. The molecule has 25 heavy (non-hydrogen) atoms. The molecule has 3 rings (SSSR count). The van der Waals surface area contributed by atoms with E-state index in [1.807, 2.05) is 0 Å². The molecule has 0 aliphatic heterocycles. The first-order valence-corrected chi connectivity index (χ1v) is 7.42. The van der Waals surface area contributed by atoms with Crippen molar-refractivity contribution in [3.8, 4) is 11.6 Å². The zero-order chi connectivity index (χ0) is 18.0. The lowest BCUT2D eigenvalue weighted by molar-refractivity contribution is 0.430. The minimum absolute atomic E-state index is 0.147. The quantitative estimate of drug-likeness (QED) is 0.719. The monoisotopic (exact) mass is 339 g/mol. The smallest absolute Gasteiger partial charge is 0.335 e. The number of nitrogens with one attached hydrogen (secondary N) is 1. The van der Waals surface area contributed by atoms with Gasteiger partial charge in [-0.1, -0.05) is 24.3 Å². The number of aromatic hydroxyl groups is 1. The fraction of sp³-hybridized carbons (Fsp3) is 0.0556. The molecule has 7 heteroatoms. The predicted molar refractivity (Wildman–Crippen MR) is 92.6 cm³/mol. The third-order valence-electron chi connectivity index (χ3n) is 3.57. The van der Waals surface area contributed by atoms with Crippen molar-refractivity contribution in [3.63, 3.8) is 0 Å². The van der Waals surface area contributed by atoms with Gasteiger partial charge in [0.2, 0.25) is 5.88 Å². The molecule has 0 aliphatic rings. The molecule has 0 atom stereocenters. The van der Waals surface area contributed by atoms with Crippen LogP contribution >= 0.6 is 0 Å². The van der Waals surface area contributed by atoms with E-state index < -0.39 is 22.9 Å². The number of aromatic amines is 1. The van der Waals surface area contributed by atoms with Gasteiger partial charge >= 0.3 is 5.69 Å². The summed E-state index contributed by atoms with van der Waals surface area (Å²) in [6.07, 6.45) is 0. The van der Waals surface area contributed by atoms with Crippen molar-refractivity contribution in [1.82, 2.24) is 9.55 Å². The van der Waals surface area contributed by atoms with Gasteiger partial charge in [0.25, 0.3) is 5.56 Å². The molecule has 0 aliphatic carbocycles. The van der Waals surface area contributed by atoms with Crippen molar-refractivity contribution in [2.75, 3.05) is 0 Å². The number of hydrogen-bond acceptors (Lipinski definition) is 4. The highest BCUT2D eigenvalue weighted by atomic mass is 19.1. The highest BCUT2D eigenvalue weighted by Gasteiger charge is 2.17. The molecule has 2 N–H and O–H groups in total. The van der Waals surface area contributed by atoms with E-state index in [4.69, 9.17) is 0 Å². The second-order valence-corrected chi connectivity index (χ2v) is 5.31. The molecule has 1 heterocycles. The maximum atomic E-state index is 13.3. The normalized spacial score (nSPS) is 11.5. The van der Waals surface area contributed by atoms with Crippen LogP contribution in [0.5, 0.6) is 5.88 Å². The standard InChI is InChI=1S/C18H14FN3O3/c1-11(20-13-7-5-6-12(19)10-13)15-16(23)21-18(25)22(17(15)24)14-8-3-2-4-9-14/h2-10,24H,1H3,(H,21,23,25). The Kier molecular flexibility index (Phi) is 4.30. The van der Waals surface area contributed by atoms with Crippen LogP contribution in [0.1, 0.15) is 12.5 Å². The molecule has 0 radical (unpaired) electrons. The van der Waals surface area contributed by atoms with Crippen LogP contribution in [0.3, 0.4) is 0 Å². The predicted octanol–water partition coefficient (Wildman–Crippen LogP) is 2.51. The molecule has 6 nitrogen and oxygen atoms in total. The van der Waals surface area contributed by atoms with Crippen molar-refractivity contribution in [2.24, 2.45) is 4.99 Å². The number of para-hydroxylation sites is 1. The molecule has 0 saturated heterocycles. The molecule has 126 valence electrons. The van der Waals surface area contributed by atoms with Crippen molar-refractivity contribution >= 4 is 11.4 Å². The number of aromatic nitrogens is 2. The second kappa shape index (κ2) is 6.56. The maximum absolute atomic E-state index is 13.3. The van der Waals surface area contributed by atoms with Crippen molar-refractivity contribution in [3.05, 3.63) is 86.8 Å². The number of benzene rings is 2. The summed E-state index contributed by atoms with van der Waals surface area (Å²) in [5.74, 6) is -1.00. The summed E-state index contributed by atoms with van der Waals surface area (Å²) in [5, 5.41) is 10.5. The fourth-order valence-corrected chi connectivity index (χ4v) is 2.46. The van der Waals surface area contributed by atoms with E-state index in [9.17, 15) is 19.1 Å². The van der Waals surface area contributed by atoms with Gasteiger partial charge in [-0.25, -0.2) is 13.8 Å². The highest BCUT2D eigenvalue weighted by Crippen LogP contribution is 2.20. The third-order valence-corrected chi connectivity index (χ3v) is 3.57. The largest absolute Gasteiger partial charge is 0.493 e. The van der Waals surface area contributed by atoms with Crippen LogP contribution in [0.25, 0.3) is 5.69 Å². The van der Waals surface area contributed by atoms with E-state index in [1.54, 1.807) is 36.4 Å². The van der Waals surface area contributed by atoms with Gasteiger partial charge in [0.1, 0.15) is 11.4 Å². The number of hydrogen-bond donors (Lipinski definition) is 2. The van der Waals surface area contributed by atoms with Gasteiger partial charge in [0, 0.05) is 0 Å². The van der Waals surface area contributed by atoms with Crippen molar-refractivity contribution in [2.45, 2.75) is 6.92 Å². The summed E-state index contributed by atoms with van der Waals surface area (Å²) in [5.41, 5.74) is -0.875. The Morgan fingerprint density at radius 1 is 1.12 bits per heavy atom. The van der Waals surface area contributed by atoms with Crippen LogP contribution in [-0.4, -0.2) is 20.4 Å². The number of aliphatic imine (C=N–C) groups is 1. The van der Waals surface area contributed by atoms with Crippen LogP contribution in [-0.2, 0) is 0 Å². The zero-order valence-electron chi connectivity index (χ0n) is 13.2. The first-order valence-electron chi connectivity index (χ1n) is 7.42. The van der Waals surface area contributed by atoms with Gasteiger partial charge in [-0.2, -0.15) is 0 Å². The first-order chi connectivity index (χ1) is 12.0. The van der Waals surface area contributed by atoms with Crippen molar-refractivity contribution in [1.29, 1.82) is 0 Å². The van der Waals surface area contributed by atoms with Gasteiger partial charge in [0.05, 0.1) is 17.1 Å². The fourth-order valence-electron chi connectivity index (χ4n) is 2.46. The first kappa shape index (κ1) is 16.4. The Balaban J connectivity index is 2.20. The van der Waals surface area contributed by atoms with Crippen LogP contribution in [0.2, 0.25) is 0 Å². The molecule has 1 aromatic heterocycles. The van der Waals surface area contributed by atoms with E-state index in [2.05, 4.69) is 9.98 Å². The van der Waals surface area contributed by atoms with Crippen LogP contribution in [0.15, 0.2) is 69.2 Å². The van der Waals surface area contributed by atoms with Crippen molar-refractivity contribution < 1.29 is 9.50 Å². The molecular formula is C18H14FN3O3. The van der Waals surface area contributed by atoms with E-state index in [-0.39, 0.29) is 17.0 Å². The maximum Gasteiger partial charge on any atom is 0.335 e. The van der Waals surface area contributed by atoms with Gasteiger partial charge < -0.3 is 5.11 Å². The molecule has 0 spiro atoms. The highest BCUT2D eigenvalue weighted by molar-refractivity contribution is 6.01. The molecule has 0 amide bonds. The zero-order valence-corrected chi connectivity index (χ0v) is 13.2. The number of nitrogens with zero attached hydrogens (tertiary/aromatic N) is 2. The van der Waals surface area contributed by atoms with Crippen LogP contribution in [0, 0.1) is 5.82 Å². The van der Waals surface area contributed by atoms with Crippen LogP contribution < -0.4 is 11.2 Å². The van der Waals surface area contributed by atoms with Gasteiger partial charge in [-0.15, -0.1) is 0 Å². The minimum atomic E-state index is -0.771. The molecule has 0 unspecified atom stereocenters. The topological polar surface area (TPSA) is 87.4 Å². The van der Waals surface area contributed by atoms with E-state index in [0.29, 0.717) is 5.69 Å². The summed E-state index contributed by atoms with van der Waals surface area (Å²) in [7, 11) is 0. The van der Waals surface area contributed by atoms with E-state index >= 15 is 0 Å². The molecule has 0 bridgehead atoms. The van der Waals surface area contributed by atoms with Gasteiger partial charge in [0.15, 0.2) is 0 Å². The molecule has 2 aromatic carbocycles. The van der Waals surface area contributed by atoms with E-state index in [0.717, 1.165) is 4.57 Å². The Morgan fingerprint density at radius 3 is 2.52 bits per heavy atom. The molecule has 0 saturated carbocycles. The SMILES string of the molecule is CC(=Nc1cccc(F)c1)c1c(O)n(-c2ccccc2)c(=O)[nH]c1=O. The number of rotatable bonds is 3. The number of H-pyrrole nitrogens is 1. The summed E-state index contributed by atoms with van der Waals surface area (Å²) < 4.78 is 14.3. The lowest BCUT2D eigenvalue weighted by Crippen LogP contribution is -2.32. The summed E-state index contributed by atoms with van der Waals surface area (Å²) in [6, 6.07) is 13.9. The summed E-state index contributed by atoms with van der Waals surface area (Å²) in [6.45, 7) is 1.50. The molecule has 3 aromatic rings. The summed E-state index contributed by atoms with van der Waals surface area (Å²) in [4.78, 5) is 30.6. The Labute approximate surface area is 141 Å². The lowest BCUT2D eigenvalue weighted by atomic mass is 10.2. The van der Waals surface area contributed by atoms with E-state index in [1.165, 1.54) is 25.1 Å². The average molecular weight is 339 g/mol. The minimum Gasteiger partial charge on any atom is -0.493 e. The average Bonchev–Trinajstić information content (AvgIpc) is 2.55.